The van der Waals surface area contributed by atoms with Crippen molar-refractivity contribution in [2.24, 2.45) is 5.73 Å². The van der Waals surface area contributed by atoms with Crippen molar-refractivity contribution in [2.45, 2.75) is 6.42 Å². The third-order valence-electron chi connectivity index (χ3n) is 4.15. The van der Waals surface area contributed by atoms with Crippen LogP contribution in [0.4, 0.5) is 4.79 Å². The molecule has 0 aliphatic heterocycles. The maximum atomic E-state index is 10.6. The highest BCUT2D eigenvalue weighted by atomic mass is 16.5. The third-order valence-corrected chi connectivity index (χ3v) is 4.15. The van der Waals surface area contributed by atoms with Crippen molar-refractivity contribution in [3.63, 3.8) is 0 Å². The van der Waals surface area contributed by atoms with E-state index < -0.39 is 6.09 Å². The van der Waals surface area contributed by atoms with Crippen LogP contribution in [0.5, 0.6) is 11.5 Å². The van der Waals surface area contributed by atoms with Crippen molar-refractivity contribution < 1.29 is 19.0 Å². The zero-order chi connectivity index (χ0) is 18.5. The van der Waals surface area contributed by atoms with Crippen LogP contribution in [0.15, 0.2) is 48.7 Å². The van der Waals surface area contributed by atoms with E-state index in [4.69, 9.17) is 19.9 Å². The van der Waals surface area contributed by atoms with Crippen LogP contribution in [-0.4, -0.2) is 31.9 Å². The van der Waals surface area contributed by atoms with Crippen LogP contribution in [0.1, 0.15) is 5.56 Å². The second-order valence-corrected chi connectivity index (χ2v) is 5.70. The van der Waals surface area contributed by atoms with Gasteiger partial charge in [-0.05, 0) is 28.8 Å². The summed E-state index contributed by atoms with van der Waals surface area (Å²) in [6, 6.07) is 13.9. The monoisotopic (exact) mass is 352 g/mol. The number of carbonyl (C=O) groups is 1. The zero-order valence-corrected chi connectivity index (χ0v) is 14.7. The fraction of sp³-hybridized carbons (Fsp3) is 0.200. The highest BCUT2D eigenvalue weighted by Gasteiger charge is 2.11. The van der Waals surface area contributed by atoms with Gasteiger partial charge in [0.25, 0.3) is 0 Å². The average molecular weight is 352 g/mol. The molecule has 0 fully saturated rings. The Labute approximate surface area is 151 Å². The number of nitrogens with zero attached hydrogens (tertiary/aromatic N) is 1. The Morgan fingerprint density at radius 2 is 1.73 bits per heavy atom. The standard InChI is InChI=1S/C20H20N2O4/c1-24-18-11-16-15(7-9-22-17(16)12-19(18)25-2)14-5-3-13(4-6-14)8-10-26-20(21)23/h3-7,9,11-12H,8,10H2,1-2H3,(H2,21,23). The lowest BCUT2D eigenvalue weighted by Crippen LogP contribution is -2.14. The average Bonchev–Trinajstić information content (AvgIpc) is 2.66. The van der Waals surface area contributed by atoms with E-state index in [9.17, 15) is 4.79 Å². The molecule has 0 spiro atoms. The second kappa shape index (κ2) is 7.74. The molecule has 26 heavy (non-hydrogen) atoms. The van der Waals surface area contributed by atoms with Gasteiger partial charge < -0.3 is 19.9 Å². The smallest absolute Gasteiger partial charge is 0.404 e. The maximum absolute atomic E-state index is 10.6. The largest absolute Gasteiger partial charge is 0.493 e. The number of fused-ring (bicyclic) bond motifs is 1. The number of amides is 1. The van der Waals surface area contributed by atoms with Crippen molar-refractivity contribution in [2.75, 3.05) is 20.8 Å². The summed E-state index contributed by atoms with van der Waals surface area (Å²) in [6.07, 6.45) is 1.64. The van der Waals surface area contributed by atoms with Crippen LogP contribution in [0.3, 0.4) is 0 Å². The molecule has 0 saturated carbocycles. The molecule has 2 N–H and O–H groups in total. The summed E-state index contributed by atoms with van der Waals surface area (Å²) in [5.74, 6) is 1.31. The summed E-state index contributed by atoms with van der Waals surface area (Å²) >= 11 is 0. The van der Waals surface area contributed by atoms with Gasteiger partial charge in [-0.2, -0.15) is 0 Å². The van der Waals surface area contributed by atoms with Crippen LogP contribution in [0, 0.1) is 0 Å². The molecule has 0 unspecified atom stereocenters. The minimum atomic E-state index is -0.755. The van der Waals surface area contributed by atoms with Gasteiger partial charge in [-0.15, -0.1) is 0 Å². The van der Waals surface area contributed by atoms with Crippen LogP contribution >= 0.6 is 0 Å². The van der Waals surface area contributed by atoms with Crippen molar-refractivity contribution in [1.29, 1.82) is 0 Å². The van der Waals surface area contributed by atoms with Crippen molar-refractivity contribution in [3.8, 4) is 22.6 Å². The third kappa shape index (κ3) is 3.69. The van der Waals surface area contributed by atoms with E-state index in [1.165, 1.54) is 0 Å². The van der Waals surface area contributed by atoms with Crippen molar-refractivity contribution in [3.05, 3.63) is 54.2 Å². The highest BCUT2D eigenvalue weighted by Crippen LogP contribution is 2.36. The molecule has 6 heteroatoms. The number of primary amides is 1. The van der Waals surface area contributed by atoms with Gasteiger partial charge in [0.15, 0.2) is 11.5 Å². The summed E-state index contributed by atoms with van der Waals surface area (Å²) in [5, 5.41) is 0.981. The lowest BCUT2D eigenvalue weighted by Gasteiger charge is -2.12. The molecule has 134 valence electrons. The number of pyridine rings is 1. The zero-order valence-electron chi connectivity index (χ0n) is 14.7. The molecule has 1 amide bonds. The first-order valence-corrected chi connectivity index (χ1v) is 8.14. The van der Waals surface area contributed by atoms with Gasteiger partial charge in [0.2, 0.25) is 0 Å². The first kappa shape index (κ1) is 17.5. The van der Waals surface area contributed by atoms with Gasteiger partial charge in [0.05, 0.1) is 26.3 Å². The fourth-order valence-corrected chi connectivity index (χ4v) is 2.84. The van der Waals surface area contributed by atoms with Gasteiger partial charge in [-0.3, -0.25) is 4.98 Å². The molecular formula is C20H20N2O4. The molecule has 0 bridgehead atoms. The fourth-order valence-electron chi connectivity index (χ4n) is 2.84. The highest BCUT2D eigenvalue weighted by molar-refractivity contribution is 5.96. The predicted octanol–water partition coefficient (Wildman–Crippen LogP) is 3.56. The summed E-state index contributed by atoms with van der Waals surface area (Å²) in [6.45, 7) is 0.268. The number of carbonyl (C=O) groups excluding carboxylic acids is 1. The topological polar surface area (TPSA) is 83.7 Å². The Morgan fingerprint density at radius 3 is 2.38 bits per heavy atom. The minimum Gasteiger partial charge on any atom is -0.493 e. The van der Waals surface area contributed by atoms with E-state index in [2.05, 4.69) is 4.98 Å². The predicted molar refractivity (Wildman–Crippen MR) is 99.5 cm³/mol. The summed E-state index contributed by atoms with van der Waals surface area (Å²) < 4.78 is 15.5. The first-order valence-electron chi connectivity index (χ1n) is 8.14. The Morgan fingerprint density at radius 1 is 1.04 bits per heavy atom. The maximum Gasteiger partial charge on any atom is 0.404 e. The van der Waals surface area contributed by atoms with Crippen molar-refractivity contribution in [1.82, 2.24) is 4.98 Å². The molecule has 3 aromatic rings. The van der Waals surface area contributed by atoms with Gasteiger partial charge in [-0.1, -0.05) is 24.3 Å². The quantitative estimate of drug-likeness (QED) is 0.733. The number of aromatic nitrogens is 1. The SMILES string of the molecule is COc1cc2nccc(-c3ccc(CCOC(N)=O)cc3)c2cc1OC. The molecule has 1 heterocycles. The molecule has 0 aliphatic carbocycles. The van der Waals surface area contributed by atoms with E-state index >= 15 is 0 Å². The van der Waals surface area contributed by atoms with Crippen LogP contribution in [-0.2, 0) is 11.2 Å². The van der Waals surface area contributed by atoms with E-state index in [0.29, 0.717) is 17.9 Å². The van der Waals surface area contributed by atoms with Gasteiger partial charge in [0.1, 0.15) is 0 Å². The van der Waals surface area contributed by atoms with E-state index in [1.54, 1.807) is 20.4 Å². The van der Waals surface area contributed by atoms with E-state index in [0.717, 1.165) is 27.6 Å². The molecule has 1 aromatic heterocycles. The first-order chi connectivity index (χ1) is 12.6. The number of hydrogen-bond acceptors (Lipinski definition) is 5. The van der Waals surface area contributed by atoms with E-state index in [1.807, 2.05) is 42.5 Å². The lowest BCUT2D eigenvalue weighted by atomic mass is 9.99. The Kier molecular flexibility index (Phi) is 5.22. The number of nitrogens with two attached hydrogens (primary N) is 1. The summed E-state index contributed by atoms with van der Waals surface area (Å²) in [5.41, 5.74) is 8.97. The molecule has 0 saturated heterocycles. The molecule has 3 rings (SSSR count). The number of methoxy groups -OCH3 is 2. The summed E-state index contributed by atoms with van der Waals surface area (Å²) in [4.78, 5) is 15.1. The van der Waals surface area contributed by atoms with Gasteiger partial charge in [-0.25, -0.2) is 4.79 Å². The Hall–Kier alpha value is -3.28. The number of benzene rings is 2. The molecule has 0 aliphatic rings. The Balaban J connectivity index is 1.93. The second-order valence-electron chi connectivity index (χ2n) is 5.70. The normalized spacial score (nSPS) is 10.5. The van der Waals surface area contributed by atoms with Crippen LogP contribution in [0.25, 0.3) is 22.0 Å². The molecule has 2 aromatic carbocycles. The lowest BCUT2D eigenvalue weighted by molar-refractivity contribution is 0.158. The summed E-state index contributed by atoms with van der Waals surface area (Å²) in [7, 11) is 3.22. The van der Waals surface area contributed by atoms with Crippen LogP contribution in [0.2, 0.25) is 0 Å². The number of ether oxygens (including phenoxy) is 3. The van der Waals surface area contributed by atoms with Crippen LogP contribution < -0.4 is 15.2 Å². The Bertz CT molecular complexity index is 923. The van der Waals surface area contributed by atoms with Gasteiger partial charge in [0, 0.05) is 24.1 Å². The molecular weight excluding hydrogens is 332 g/mol. The molecule has 0 atom stereocenters. The minimum absolute atomic E-state index is 0.268. The van der Waals surface area contributed by atoms with E-state index in [-0.39, 0.29) is 6.61 Å². The molecule has 6 nitrogen and oxygen atoms in total. The van der Waals surface area contributed by atoms with Gasteiger partial charge >= 0.3 is 6.09 Å². The van der Waals surface area contributed by atoms with Crippen molar-refractivity contribution >= 4 is 17.0 Å². The number of rotatable bonds is 6. The number of hydrogen-bond donors (Lipinski definition) is 1. The molecule has 0 radical (unpaired) electrons.